The van der Waals surface area contributed by atoms with Crippen molar-refractivity contribution in [2.24, 2.45) is 5.92 Å². The van der Waals surface area contributed by atoms with Crippen LogP contribution in [0, 0.1) is 43.5 Å². The molecular formula is C20H30O6. The van der Waals surface area contributed by atoms with Gasteiger partial charge in [0.05, 0.1) is 33.7 Å². The number of rotatable bonds is 5. The van der Waals surface area contributed by atoms with Gasteiger partial charge in [-0.1, -0.05) is 20.9 Å². The van der Waals surface area contributed by atoms with Crippen molar-refractivity contribution in [3.63, 3.8) is 0 Å². The lowest BCUT2D eigenvalue weighted by Crippen LogP contribution is -2.11. The third-order valence-corrected chi connectivity index (χ3v) is 2.10. The van der Waals surface area contributed by atoms with Gasteiger partial charge in [-0.3, -0.25) is 9.59 Å². The number of methoxy groups -OCH3 is 3. The van der Waals surface area contributed by atoms with E-state index in [-0.39, 0.29) is 25.3 Å². The molecule has 0 radical (unpaired) electrons. The highest BCUT2D eigenvalue weighted by Crippen LogP contribution is 2.01. The van der Waals surface area contributed by atoms with E-state index in [4.69, 9.17) is 12.8 Å². The summed E-state index contributed by atoms with van der Waals surface area (Å²) in [5.74, 6) is 3.66. The van der Waals surface area contributed by atoms with Crippen LogP contribution in [-0.4, -0.2) is 39.2 Å². The molecular weight excluding hydrogens is 336 g/mol. The summed E-state index contributed by atoms with van der Waals surface area (Å²) in [5.41, 5.74) is 0. The summed E-state index contributed by atoms with van der Waals surface area (Å²) < 4.78 is 12.9. The SMILES string of the molecule is C.C#C.C#CCC(C)C(=O)OC.C#CCCC(=O)OC.C=CC(=O)OC. The second-order valence-electron chi connectivity index (χ2n) is 3.84. The summed E-state index contributed by atoms with van der Waals surface area (Å²) >= 11 is 0. The van der Waals surface area contributed by atoms with Crippen LogP contribution < -0.4 is 0 Å². The van der Waals surface area contributed by atoms with Gasteiger partial charge in [-0.2, -0.15) is 0 Å². The molecule has 1 atom stereocenters. The lowest BCUT2D eigenvalue weighted by Gasteiger charge is -2.02. The monoisotopic (exact) mass is 366 g/mol. The van der Waals surface area contributed by atoms with Crippen LogP contribution in [0.15, 0.2) is 12.7 Å². The average Bonchev–Trinajstić information content (AvgIpc) is 2.67. The summed E-state index contributed by atoms with van der Waals surface area (Å²) in [5, 5.41) is 0. The highest BCUT2D eigenvalue weighted by Gasteiger charge is 2.09. The molecule has 0 aliphatic carbocycles. The molecule has 0 bridgehead atoms. The van der Waals surface area contributed by atoms with Gasteiger partial charge in [0, 0.05) is 18.9 Å². The van der Waals surface area contributed by atoms with Crippen LogP contribution in [0.25, 0.3) is 0 Å². The smallest absolute Gasteiger partial charge is 0.329 e. The zero-order valence-electron chi connectivity index (χ0n) is 15.2. The van der Waals surface area contributed by atoms with Crippen LogP contribution in [-0.2, 0) is 28.6 Å². The second-order valence-corrected chi connectivity index (χ2v) is 3.84. The molecule has 0 saturated heterocycles. The van der Waals surface area contributed by atoms with Crippen LogP contribution in [0.4, 0.5) is 0 Å². The fraction of sp³-hybridized carbons (Fsp3) is 0.450. The van der Waals surface area contributed by atoms with Gasteiger partial charge in [0.15, 0.2) is 0 Å². The van der Waals surface area contributed by atoms with E-state index in [1.165, 1.54) is 21.3 Å². The topological polar surface area (TPSA) is 78.9 Å². The van der Waals surface area contributed by atoms with Crippen LogP contribution >= 0.6 is 0 Å². The minimum Gasteiger partial charge on any atom is -0.469 e. The van der Waals surface area contributed by atoms with E-state index >= 15 is 0 Å². The number of carbonyl (C=O) groups is 3. The summed E-state index contributed by atoms with van der Waals surface area (Å²) in [7, 11) is 4.01. The Morgan fingerprint density at radius 3 is 1.77 bits per heavy atom. The molecule has 0 amide bonds. The fourth-order valence-corrected chi connectivity index (χ4v) is 0.821. The molecule has 0 spiro atoms. The number of hydrogen-bond donors (Lipinski definition) is 0. The number of ether oxygens (including phenoxy) is 3. The zero-order valence-corrected chi connectivity index (χ0v) is 15.2. The van der Waals surface area contributed by atoms with E-state index in [2.05, 4.69) is 45.5 Å². The molecule has 0 aromatic rings. The molecule has 1 unspecified atom stereocenters. The van der Waals surface area contributed by atoms with Crippen molar-refractivity contribution in [2.75, 3.05) is 21.3 Å². The molecule has 0 aromatic heterocycles. The van der Waals surface area contributed by atoms with Gasteiger partial charge in [-0.25, -0.2) is 4.79 Å². The second kappa shape index (κ2) is 29.8. The molecule has 146 valence electrons. The summed E-state index contributed by atoms with van der Waals surface area (Å²) in [6, 6.07) is 0. The van der Waals surface area contributed by atoms with E-state index in [1.807, 2.05) is 0 Å². The molecule has 0 aliphatic rings. The highest BCUT2D eigenvalue weighted by molar-refractivity contribution is 5.80. The maximum absolute atomic E-state index is 10.6. The Balaban J connectivity index is -0.0000000806. The summed E-state index contributed by atoms with van der Waals surface area (Å²) in [6.07, 6.45) is 20.2. The van der Waals surface area contributed by atoms with Crippen LogP contribution in [0.2, 0.25) is 0 Å². The third kappa shape index (κ3) is 32.7. The Morgan fingerprint density at radius 2 is 1.54 bits per heavy atom. The number of hydrogen-bond acceptors (Lipinski definition) is 6. The largest absolute Gasteiger partial charge is 0.469 e. The van der Waals surface area contributed by atoms with Crippen molar-refractivity contribution in [2.45, 2.75) is 33.6 Å². The molecule has 0 saturated carbocycles. The summed E-state index contributed by atoms with van der Waals surface area (Å²) in [4.78, 5) is 30.7. The minimum absolute atomic E-state index is 0. The van der Waals surface area contributed by atoms with Crippen molar-refractivity contribution in [3.8, 4) is 37.5 Å². The normalized spacial score (nSPS) is 8.00. The number of terminal acetylenes is 3. The molecule has 26 heavy (non-hydrogen) atoms. The number of carbonyl (C=O) groups excluding carboxylic acids is 3. The molecule has 6 nitrogen and oxygen atoms in total. The predicted octanol–water partition coefficient (Wildman–Crippen LogP) is 2.62. The molecule has 0 rings (SSSR count). The highest BCUT2D eigenvalue weighted by atomic mass is 16.5. The van der Waals surface area contributed by atoms with E-state index in [1.54, 1.807) is 6.92 Å². The Kier molecular flexibility index (Phi) is 39.2. The van der Waals surface area contributed by atoms with Crippen molar-refractivity contribution in [1.82, 2.24) is 0 Å². The van der Waals surface area contributed by atoms with Gasteiger partial charge in [-0.05, 0) is 0 Å². The summed E-state index contributed by atoms with van der Waals surface area (Å²) in [6.45, 7) is 4.90. The maximum atomic E-state index is 10.6. The molecule has 0 aliphatic heterocycles. The van der Waals surface area contributed by atoms with Crippen LogP contribution in [0.1, 0.15) is 33.6 Å². The number of esters is 3. The van der Waals surface area contributed by atoms with Crippen molar-refractivity contribution in [3.05, 3.63) is 12.7 Å². The molecule has 0 aromatic carbocycles. The first-order valence-corrected chi connectivity index (χ1v) is 6.89. The molecule has 0 fully saturated rings. The van der Waals surface area contributed by atoms with Gasteiger partial charge < -0.3 is 14.2 Å². The van der Waals surface area contributed by atoms with Crippen molar-refractivity contribution < 1.29 is 28.6 Å². The average molecular weight is 366 g/mol. The third-order valence-electron chi connectivity index (χ3n) is 2.10. The Bertz CT molecular complexity index is 477. The predicted molar refractivity (Wildman–Crippen MR) is 104 cm³/mol. The van der Waals surface area contributed by atoms with E-state index in [0.29, 0.717) is 19.3 Å². The Labute approximate surface area is 158 Å². The van der Waals surface area contributed by atoms with Gasteiger partial charge in [0.1, 0.15) is 0 Å². The standard InChI is InChI=1S/C7H10O2.C6H8O2.C4H6O2.C2H2.CH4/c1-4-5-6(2)7(8)9-3;1-3-4-5-6(7)8-2;1-3-4(5)6-2;1-2;/h1,6H,5H2,2-3H3;1H,4-5H2,2H3;3H,1H2,2H3;1-2H;1H4. The Hall–Kier alpha value is -3.17. The lowest BCUT2D eigenvalue weighted by atomic mass is 10.1. The quantitative estimate of drug-likeness (QED) is 0.322. The lowest BCUT2D eigenvalue weighted by molar-refractivity contribution is -0.144. The van der Waals surface area contributed by atoms with Gasteiger partial charge in [0.25, 0.3) is 0 Å². The maximum Gasteiger partial charge on any atom is 0.329 e. The first-order chi connectivity index (χ1) is 11.8. The van der Waals surface area contributed by atoms with Crippen LogP contribution in [0.3, 0.4) is 0 Å². The van der Waals surface area contributed by atoms with Crippen molar-refractivity contribution >= 4 is 17.9 Å². The van der Waals surface area contributed by atoms with Gasteiger partial charge >= 0.3 is 17.9 Å². The Morgan fingerprint density at radius 1 is 1.04 bits per heavy atom. The van der Waals surface area contributed by atoms with E-state index in [9.17, 15) is 14.4 Å². The first-order valence-electron chi connectivity index (χ1n) is 6.89. The fourth-order valence-electron chi connectivity index (χ4n) is 0.821. The van der Waals surface area contributed by atoms with E-state index in [0.717, 1.165) is 6.08 Å². The van der Waals surface area contributed by atoms with Crippen LogP contribution in [0.5, 0.6) is 0 Å². The van der Waals surface area contributed by atoms with Crippen molar-refractivity contribution in [1.29, 1.82) is 0 Å². The molecule has 0 N–H and O–H groups in total. The molecule has 6 heteroatoms. The van der Waals surface area contributed by atoms with E-state index < -0.39 is 5.97 Å². The van der Waals surface area contributed by atoms with Gasteiger partial charge in [0.2, 0.25) is 0 Å². The molecule has 0 heterocycles. The zero-order chi connectivity index (χ0) is 20.7. The van der Waals surface area contributed by atoms with Gasteiger partial charge in [-0.15, -0.1) is 37.5 Å². The first kappa shape index (κ1) is 34.2. The minimum atomic E-state index is -0.394.